The molecule has 0 aliphatic rings. The summed E-state index contributed by atoms with van der Waals surface area (Å²) in [4.78, 5) is 10.2. The van der Waals surface area contributed by atoms with Crippen LogP contribution in [0.3, 0.4) is 0 Å². The normalized spacial score (nSPS) is 15.0. The second kappa shape index (κ2) is 19.3. The standard InChI is InChI=1S/C65H75N3O/c1-15-64(13,16-2)54-27-23-28-55(65(14,17-3)18-4)59(54)46-30-31-57(43(9)34-46)68-58-29-22-26-51(60(58)67-62(68)53-39-47(41(5)6)38-52(42(7)8)61(53)69)48-35-49(37-50(36-48)63(10,11)12)56-40-45(32-33-66-56)44-24-20-19-21-25-44/h19-42,69H,15-18H2,1-14H3/i9D3,19D,20D,21D,24D,25D,41D,42D. The van der Waals surface area contributed by atoms with Gasteiger partial charge >= 0.3 is 0 Å². The third-order valence-electron chi connectivity index (χ3n) is 15.1. The highest BCUT2D eigenvalue weighted by molar-refractivity contribution is 5.97. The highest BCUT2D eigenvalue weighted by atomic mass is 16.3. The minimum atomic E-state index is -2.66. The third kappa shape index (κ3) is 9.20. The summed E-state index contributed by atoms with van der Waals surface area (Å²) in [6, 6.07) is 29.0. The Kier molecular flexibility index (Phi) is 10.5. The van der Waals surface area contributed by atoms with E-state index in [0.717, 1.165) is 47.9 Å². The molecule has 0 aliphatic heterocycles. The maximum absolute atomic E-state index is 12.5. The van der Waals surface area contributed by atoms with Gasteiger partial charge in [0.25, 0.3) is 0 Å². The highest BCUT2D eigenvalue weighted by Crippen LogP contribution is 2.48. The number of aromatic nitrogens is 3. The Labute approximate surface area is 428 Å². The van der Waals surface area contributed by atoms with E-state index in [2.05, 4.69) is 86.6 Å². The van der Waals surface area contributed by atoms with Crippen LogP contribution in [-0.2, 0) is 16.2 Å². The lowest BCUT2D eigenvalue weighted by Gasteiger charge is -2.36. The van der Waals surface area contributed by atoms with Gasteiger partial charge in [-0.2, -0.15) is 0 Å². The van der Waals surface area contributed by atoms with Gasteiger partial charge in [-0.25, -0.2) is 4.98 Å². The SMILES string of the molecule is [2H]c1c([2H])c([2H])c(-c2ccnc(-c3cc(-c4cccc5c4nc(-c4cc(C([2H])(C)C)cc(C([2H])(C)C)c4O)n5-c4ccc(-c5c(C(C)(CC)CC)cccc5C(C)(CC)CC)cc4C([2H])([2H])[2H])cc(C(C)(C)C)c3)c2)c([2H])c1[2H]. The van der Waals surface area contributed by atoms with Crippen LogP contribution < -0.4 is 0 Å². The van der Waals surface area contributed by atoms with Crippen LogP contribution in [-0.4, -0.2) is 19.6 Å². The van der Waals surface area contributed by atoms with Crippen LogP contribution in [0.2, 0.25) is 0 Å². The predicted octanol–water partition coefficient (Wildman–Crippen LogP) is 18.5. The number of pyridine rings is 1. The summed E-state index contributed by atoms with van der Waals surface area (Å²) < 4.78 is 90.9. The molecule has 0 bridgehead atoms. The van der Waals surface area contributed by atoms with Crippen LogP contribution in [0, 0.1) is 6.85 Å². The van der Waals surface area contributed by atoms with Gasteiger partial charge in [-0.3, -0.25) is 9.55 Å². The summed E-state index contributed by atoms with van der Waals surface area (Å²) >= 11 is 0. The molecule has 0 spiro atoms. The van der Waals surface area contributed by atoms with Crippen molar-refractivity contribution in [2.75, 3.05) is 0 Å². The van der Waals surface area contributed by atoms with Gasteiger partial charge in [0.05, 0.1) is 34.8 Å². The Morgan fingerprint density at radius 1 is 0.652 bits per heavy atom. The van der Waals surface area contributed by atoms with E-state index in [1.54, 1.807) is 58.2 Å². The van der Waals surface area contributed by atoms with E-state index in [9.17, 15) is 12.0 Å². The van der Waals surface area contributed by atoms with Gasteiger partial charge in [-0.15, -0.1) is 0 Å². The Bertz CT molecular complexity index is 3590. The van der Waals surface area contributed by atoms with Gasteiger partial charge in [0.15, 0.2) is 0 Å². The number of aryl methyl sites for hydroxylation is 1. The minimum Gasteiger partial charge on any atom is -0.507 e. The van der Waals surface area contributed by atoms with E-state index >= 15 is 0 Å². The lowest BCUT2D eigenvalue weighted by atomic mass is 9.68. The molecule has 0 aliphatic carbocycles. The molecule has 356 valence electrons. The molecule has 0 saturated heterocycles. The fraction of sp³-hybridized carbons (Fsp3) is 0.354. The summed E-state index contributed by atoms with van der Waals surface area (Å²) in [5, 5.41) is 12.5. The van der Waals surface area contributed by atoms with Gasteiger partial charge in [-0.1, -0.05) is 169 Å². The summed E-state index contributed by atoms with van der Waals surface area (Å²) in [7, 11) is 0. The monoisotopic (exact) mass is 924 g/mol. The first-order valence-corrected chi connectivity index (χ1v) is 24.6. The molecule has 2 aromatic heterocycles. The predicted molar refractivity (Wildman–Crippen MR) is 295 cm³/mol. The van der Waals surface area contributed by atoms with Crippen LogP contribution in [0.1, 0.15) is 175 Å². The number of hydrogen-bond acceptors (Lipinski definition) is 3. The van der Waals surface area contributed by atoms with E-state index in [4.69, 9.17) is 16.8 Å². The molecule has 2 heterocycles. The molecule has 0 unspecified atom stereocenters. The zero-order chi connectivity index (χ0) is 58.3. The number of benzene rings is 6. The van der Waals surface area contributed by atoms with Crippen molar-refractivity contribution >= 4 is 11.0 Å². The Balaban J connectivity index is 1.49. The summed E-state index contributed by atoms with van der Waals surface area (Å²) in [5.74, 6) is -2.45. The maximum Gasteiger partial charge on any atom is 0.149 e. The molecule has 0 atom stereocenters. The summed E-state index contributed by atoms with van der Waals surface area (Å²) in [6.45, 7) is 23.9. The van der Waals surface area contributed by atoms with Crippen LogP contribution in [0.4, 0.5) is 0 Å². The highest BCUT2D eigenvalue weighted by Gasteiger charge is 2.33. The smallest absolute Gasteiger partial charge is 0.149 e. The second-order valence-corrected chi connectivity index (χ2v) is 20.8. The molecule has 8 aromatic rings. The molecule has 0 radical (unpaired) electrons. The van der Waals surface area contributed by atoms with E-state index in [0.29, 0.717) is 50.2 Å². The quantitative estimate of drug-likeness (QED) is 0.118. The molecule has 0 saturated carbocycles. The topological polar surface area (TPSA) is 50.9 Å². The van der Waals surface area contributed by atoms with Gasteiger partial charge < -0.3 is 5.11 Å². The van der Waals surface area contributed by atoms with Crippen molar-refractivity contribution in [1.29, 1.82) is 0 Å². The molecule has 4 heteroatoms. The number of para-hydroxylation sites is 1. The fourth-order valence-corrected chi connectivity index (χ4v) is 9.75. The van der Waals surface area contributed by atoms with Crippen molar-refractivity contribution in [3.05, 3.63) is 167 Å². The van der Waals surface area contributed by atoms with Crippen molar-refractivity contribution in [3.63, 3.8) is 0 Å². The molecule has 0 amide bonds. The number of phenols is 1. The van der Waals surface area contributed by atoms with Crippen LogP contribution in [0.15, 0.2) is 133 Å². The number of aromatic hydroxyl groups is 1. The molecule has 0 fully saturated rings. The molecular formula is C65H75N3O. The third-order valence-corrected chi connectivity index (χ3v) is 15.1. The van der Waals surface area contributed by atoms with Crippen molar-refractivity contribution in [2.24, 2.45) is 0 Å². The maximum atomic E-state index is 12.5. The van der Waals surface area contributed by atoms with Crippen LogP contribution in [0.25, 0.3) is 72.7 Å². The lowest BCUT2D eigenvalue weighted by molar-refractivity contribution is 0.426. The van der Waals surface area contributed by atoms with E-state index in [-0.39, 0.29) is 51.2 Å². The minimum absolute atomic E-state index is 0.0673. The van der Waals surface area contributed by atoms with Crippen molar-refractivity contribution in [3.8, 4) is 67.5 Å². The number of rotatable bonds is 14. The van der Waals surface area contributed by atoms with E-state index in [1.807, 2.05) is 53.1 Å². The number of nitrogens with zero attached hydrogens (tertiary/aromatic N) is 3. The molecule has 69 heavy (non-hydrogen) atoms. The fourth-order valence-electron chi connectivity index (χ4n) is 9.75. The number of fused-ring (bicyclic) bond motifs is 1. The Morgan fingerprint density at radius 3 is 1.91 bits per heavy atom. The Hall–Kier alpha value is -6.26. The zero-order valence-corrected chi connectivity index (χ0v) is 42.9. The van der Waals surface area contributed by atoms with Crippen molar-refractivity contribution in [2.45, 2.75) is 151 Å². The lowest BCUT2D eigenvalue weighted by Crippen LogP contribution is -2.25. The van der Waals surface area contributed by atoms with Crippen LogP contribution >= 0.6 is 0 Å². The van der Waals surface area contributed by atoms with E-state index < -0.39 is 42.2 Å². The van der Waals surface area contributed by atoms with Gasteiger partial charge in [-0.05, 0) is 170 Å². The summed E-state index contributed by atoms with van der Waals surface area (Å²) in [5.41, 5.74) is 9.96. The molecular weight excluding hydrogens is 839 g/mol. The first-order chi connectivity index (χ1) is 36.7. The number of hydrogen-bond donors (Lipinski definition) is 1. The second-order valence-electron chi connectivity index (χ2n) is 20.8. The van der Waals surface area contributed by atoms with Crippen molar-refractivity contribution < 1.29 is 18.8 Å². The van der Waals surface area contributed by atoms with Crippen LogP contribution in [0.5, 0.6) is 5.75 Å². The molecule has 6 aromatic carbocycles. The van der Waals surface area contributed by atoms with Gasteiger partial charge in [0.1, 0.15) is 11.6 Å². The number of phenolic OH excluding ortho intramolecular Hbond substituents is 1. The first kappa shape index (κ1) is 37.6. The van der Waals surface area contributed by atoms with E-state index in [1.165, 1.54) is 11.1 Å². The van der Waals surface area contributed by atoms with Gasteiger partial charge in [0.2, 0.25) is 0 Å². The number of imidazole rings is 1. The Morgan fingerprint density at radius 2 is 1.30 bits per heavy atom. The molecule has 4 nitrogen and oxygen atoms in total. The average molecular weight is 924 g/mol. The summed E-state index contributed by atoms with van der Waals surface area (Å²) in [6.07, 6.45) is 5.09. The van der Waals surface area contributed by atoms with Crippen molar-refractivity contribution in [1.82, 2.24) is 14.5 Å². The van der Waals surface area contributed by atoms with Gasteiger partial charge in [0, 0.05) is 24.2 Å². The zero-order valence-electron chi connectivity index (χ0n) is 52.9. The molecule has 1 N–H and O–H groups in total. The largest absolute Gasteiger partial charge is 0.507 e. The first-order valence-electron chi connectivity index (χ1n) is 29.6. The molecule has 8 rings (SSSR count). The average Bonchev–Trinajstić information content (AvgIpc) is 4.03.